The summed E-state index contributed by atoms with van der Waals surface area (Å²) < 4.78 is 29.0. The molecule has 2 heterocycles. The zero-order valence-electron chi connectivity index (χ0n) is 12.8. The molecule has 0 aliphatic carbocycles. The molecule has 1 aromatic heterocycles. The number of aryl methyl sites for hydroxylation is 1. The molecule has 0 N–H and O–H groups in total. The normalized spacial score (nSPS) is 19.4. The monoisotopic (exact) mass is 331 g/mol. The van der Waals surface area contributed by atoms with E-state index in [9.17, 15) is 8.42 Å². The van der Waals surface area contributed by atoms with E-state index >= 15 is 0 Å². The van der Waals surface area contributed by atoms with Crippen molar-refractivity contribution in [1.29, 1.82) is 5.26 Å². The predicted molar refractivity (Wildman–Crippen MR) is 82.9 cm³/mol. The van der Waals surface area contributed by atoms with E-state index in [0.717, 1.165) is 18.7 Å². The first-order valence-electron chi connectivity index (χ1n) is 7.36. The third kappa shape index (κ3) is 2.98. The number of hydrogen-bond acceptors (Lipinski definition) is 5. The Kier molecular flexibility index (Phi) is 4.15. The van der Waals surface area contributed by atoms with E-state index in [1.807, 2.05) is 17.7 Å². The minimum atomic E-state index is -3.61. The van der Waals surface area contributed by atoms with Crippen molar-refractivity contribution >= 4 is 10.0 Å². The Labute approximate surface area is 135 Å². The molecule has 1 saturated heterocycles. The van der Waals surface area contributed by atoms with Crippen LogP contribution in [0.5, 0.6) is 0 Å². The molecule has 0 saturated carbocycles. The van der Waals surface area contributed by atoms with Crippen LogP contribution in [0, 0.1) is 11.3 Å². The standard InChI is InChI=1S/C15H17N5O2S/c1-19-11-17-18-15(19)13-5-3-7-20(10-13)23(21,22)14-6-2-4-12(8-14)9-16/h2,4,6,8,11,13H,3,5,7,10H2,1H3. The van der Waals surface area contributed by atoms with E-state index < -0.39 is 10.0 Å². The highest BCUT2D eigenvalue weighted by molar-refractivity contribution is 7.89. The number of piperidine rings is 1. The van der Waals surface area contributed by atoms with Crippen molar-refractivity contribution in [3.05, 3.63) is 42.0 Å². The van der Waals surface area contributed by atoms with E-state index in [1.54, 1.807) is 18.5 Å². The topological polar surface area (TPSA) is 91.9 Å². The lowest BCUT2D eigenvalue weighted by atomic mass is 9.99. The maximum Gasteiger partial charge on any atom is 0.243 e. The van der Waals surface area contributed by atoms with Gasteiger partial charge in [0.15, 0.2) is 0 Å². The highest BCUT2D eigenvalue weighted by Crippen LogP contribution is 2.29. The average molecular weight is 331 g/mol. The quantitative estimate of drug-likeness (QED) is 0.844. The molecule has 0 spiro atoms. The van der Waals surface area contributed by atoms with Gasteiger partial charge in [0.25, 0.3) is 0 Å². The largest absolute Gasteiger partial charge is 0.320 e. The number of hydrogen-bond donors (Lipinski definition) is 0. The smallest absolute Gasteiger partial charge is 0.243 e. The fourth-order valence-electron chi connectivity index (χ4n) is 2.91. The van der Waals surface area contributed by atoms with Crippen molar-refractivity contribution in [2.75, 3.05) is 13.1 Å². The Morgan fingerprint density at radius 3 is 2.91 bits per heavy atom. The van der Waals surface area contributed by atoms with Crippen LogP contribution in [0.4, 0.5) is 0 Å². The summed E-state index contributed by atoms with van der Waals surface area (Å²) in [5.74, 6) is 0.834. The highest BCUT2D eigenvalue weighted by atomic mass is 32.2. The number of benzene rings is 1. The van der Waals surface area contributed by atoms with Gasteiger partial charge in [0.2, 0.25) is 10.0 Å². The Morgan fingerprint density at radius 1 is 1.39 bits per heavy atom. The van der Waals surface area contributed by atoms with Gasteiger partial charge in [-0.05, 0) is 31.0 Å². The number of sulfonamides is 1. The molecular weight excluding hydrogens is 314 g/mol. The Hall–Kier alpha value is -2.24. The molecule has 1 aliphatic heterocycles. The van der Waals surface area contributed by atoms with Gasteiger partial charge in [0.1, 0.15) is 12.2 Å². The Bertz CT molecular complexity index is 853. The van der Waals surface area contributed by atoms with Crippen molar-refractivity contribution in [1.82, 2.24) is 19.1 Å². The van der Waals surface area contributed by atoms with Crippen LogP contribution in [-0.2, 0) is 17.1 Å². The summed E-state index contributed by atoms with van der Waals surface area (Å²) in [5, 5.41) is 16.9. The number of rotatable bonds is 3. The highest BCUT2D eigenvalue weighted by Gasteiger charge is 2.32. The molecule has 1 aromatic carbocycles. The molecule has 120 valence electrons. The SMILES string of the molecule is Cn1cnnc1C1CCCN(S(=O)(=O)c2cccc(C#N)c2)C1. The molecule has 8 heteroatoms. The summed E-state index contributed by atoms with van der Waals surface area (Å²) in [7, 11) is -1.75. The van der Waals surface area contributed by atoms with Gasteiger partial charge in [-0.25, -0.2) is 8.42 Å². The second-order valence-corrected chi connectivity index (χ2v) is 7.58. The lowest BCUT2D eigenvalue weighted by molar-refractivity contribution is 0.306. The van der Waals surface area contributed by atoms with Crippen molar-refractivity contribution in [3.63, 3.8) is 0 Å². The molecule has 7 nitrogen and oxygen atoms in total. The minimum absolute atomic E-state index is 0.0326. The molecule has 3 rings (SSSR count). The summed E-state index contributed by atoms with van der Waals surface area (Å²) >= 11 is 0. The van der Waals surface area contributed by atoms with Gasteiger partial charge in [0.05, 0.1) is 16.5 Å². The van der Waals surface area contributed by atoms with Crippen LogP contribution in [0.3, 0.4) is 0 Å². The fourth-order valence-corrected chi connectivity index (χ4v) is 4.48. The van der Waals surface area contributed by atoms with Crippen LogP contribution >= 0.6 is 0 Å². The molecule has 0 radical (unpaired) electrons. The summed E-state index contributed by atoms with van der Waals surface area (Å²) in [6.07, 6.45) is 3.28. The number of nitrogens with zero attached hydrogens (tertiary/aromatic N) is 5. The lowest BCUT2D eigenvalue weighted by Crippen LogP contribution is -2.39. The zero-order chi connectivity index (χ0) is 16.4. The average Bonchev–Trinajstić information content (AvgIpc) is 3.01. The summed E-state index contributed by atoms with van der Waals surface area (Å²) in [5.41, 5.74) is 0.341. The van der Waals surface area contributed by atoms with Gasteiger partial charge in [-0.3, -0.25) is 0 Å². The van der Waals surface area contributed by atoms with E-state index in [4.69, 9.17) is 5.26 Å². The first-order valence-corrected chi connectivity index (χ1v) is 8.80. The molecule has 23 heavy (non-hydrogen) atoms. The molecule has 0 bridgehead atoms. The van der Waals surface area contributed by atoms with E-state index in [1.165, 1.54) is 16.4 Å². The molecule has 1 unspecified atom stereocenters. The minimum Gasteiger partial charge on any atom is -0.320 e. The van der Waals surface area contributed by atoms with Crippen LogP contribution in [0.25, 0.3) is 0 Å². The van der Waals surface area contributed by atoms with Gasteiger partial charge < -0.3 is 4.57 Å². The summed E-state index contributed by atoms with van der Waals surface area (Å²) in [4.78, 5) is 0.162. The second kappa shape index (κ2) is 6.10. The first-order chi connectivity index (χ1) is 11.0. The van der Waals surface area contributed by atoms with Gasteiger partial charge in [-0.15, -0.1) is 10.2 Å². The second-order valence-electron chi connectivity index (χ2n) is 5.64. The van der Waals surface area contributed by atoms with Crippen LogP contribution in [0.2, 0.25) is 0 Å². The predicted octanol–water partition coefficient (Wildman–Crippen LogP) is 1.26. The maximum atomic E-state index is 12.8. The molecule has 1 atom stereocenters. The third-order valence-corrected chi connectivity index (χ3v) is 5.96. The van der Waals surface area contributed by atoms with Crippen molar-refractivity contribution in [2.45, 2.75) is 23.7 Å². The molecule has 0 amide bonds. The molecule has 1 aliphatic rings. The van der Waals surface area contributed by atoms with Gasteiger partial charge in [-0.1, -0.05) is 6.07 Å². The first kappa shape index (κ1) is 15.6. The van der Waals surface area contributed by atoms with Crippen LogP contribution in [0.15, 0.2) is 35.5 Å². The van der Waals surface area contributed by atoms with E-state index in [-0.39, 0.29) is 10.8 Å². The summed E-state index contributed by atoms with van der Waals surface area (Å²) in [6.45, 7) is 0.860. The molecule has 2 aromatic rings. The Balaban J connectivity index is 1.88. The van der Waals surface area contributed by atoms with Gasteiger partial charge >= 0.3 is 0 Å². The molecular formula is C15H17N5O2S. The Morgan fingerprint density at radius 2 is 2.22 bits per heavy atom. The van der Waals surface area contributed by atoms with Crippen LogP contribution < -0.4 is 0 Å². The molecule has 1 fully saturated rings. The summed E-state index contributed by atoms with van der Waals surface area (Å²) in [6, 6.07) is 8.11. The number of aromatic nitrogens is 3. The van der Waals surface area contributed by atoms with Crippen LogP contribution in [-0.4, -0.2) is 40.6 Å². The van der Waals surface area contributed by atoms with Gasteiger partial charge in [-0.2, -0.15) is 9.57 Å². The van der Waals surface area contributed by atoms with Crippen molar-refractivity contribution in [3.8, 4) is 6.07 Å². The van der Waals surface area contributed by atoms with Gasteiger partial charge in [0, 0.05) is 26.1 Å². The maximum absolute atomic E-state index is 12.8. The number of nitriles is 1. The van der Waals surface area contributed by atoms with Crippen molar-refractivity contribution in [2.24, 2.45) is 7.05 Å². The lowest BCUT2D eigenvalue weighted by Gasteiger charge is -2.31. The van der Waals surface area contributed by atoms with Crippen molar-refractivity contribution < 1.29 is 8.42 Å². The zero-order valence-corrected chi connectivity index (χ0v) is 13.6. The van der Waals surface area contributed by atoms with E-state index in [0.29, 0.717) is 18.7 Å². The fraction of sp³-hybridized carbons (Fsp3) is 0.400. The van der Waals surface area contributed by atoms with Crippen LogP contribution in [0.1, 0.15) is 30.1 Å². The van der Waals surface area contributed by atoms with E-state index in [2.05, 4.69) is 10.2 Å². The third-order valence-electron chi connectivity index (χ3n) is 4.10.